The Morgan fingerprint density at radius 1 is 1.18 bits per heavy atom. The number of hydrogen-bond acceptors (Lipinski definition) is 4. The lowest BCUT2D eigenvalue weighted by Gasteiger charge is -2.04. The van der Waals surface area contributed by atoms with Crippen LogP contribution < -0.4 is 5.32 Å². The fraction of sp³-hybridized carbons (Fsp3) is 0.562. The van der Waals surface area contributed by atoms with Crippen molar-refractivity contribution in [3.63, 3.8) is 0 Å². The topological polar surface area (TPSA) is 59.8 Å². The Labute approximate surface area is 133 Å². The smallest absolute Gasteiger partial charge is 0.261 e. The van der Waals surface area contributed by atoms with Gasteiger partial charge < -0.3 is 9.88 Å². The van der Waals surface area contributed by atoms with Crippen LogP contribution >= 0.6 is 11.3 Å². The van der Waals surface area contributed by atoms with Crippen molar-refractivity contribution in [1.82, 2.24) is 20.1 Å². The standard InChI is InChI=1S/C16H20N4OS/c21-16(13-9-11-5-2-1-3-6-12(11)22-13)17-10-15-19-18-14-7-4-8-20(14)15/h9H,1-8,10H2,(H,17,21). The van der Waals surface area contributed by atoms with Crippen LogP contribution in [0.4, 0.5) is 0 Å². The van der Waals surface area contributed by atoms with Gasteiger partial charge in [-0.3, -0.25) is 4.79 Å². The van der Waals surface area contributed by atoms with Gasteiger partial charge in [0, 0.05) is 17.8 Å². The first-order valence-electron chi connectivity index (χ1n) is 8.12. The molecule has 1 N–H and O–H groups in total. The van der Waals surface area contributed by atoms with Crippen molar-refractivity contribution < 1.29 is 4.79 Å². The fourth-order valence-corrected chi connectivity index (χ4v) is 4.54. The molecule has 3 heterocycles. The Morgan fingerprint density at radius 2 is 2.09 bits per heavy atom. The lowest BCUT2D eigenvalue weighted by atomic mass is 10.1. The van der Waals surface area contributed by atoms with E-state index in [2.05, 4.69) is 26.1 Å². The minimum atomic E-state index is 0.0217. The highest BCUT2D eigenvalue weighted by Crippen LogP contribution is 2.29. The summed E-state index contributed by atoms with van der Waals surface area (Å²) in [5.41, 5.74) is 1.39. The first kappa shape index (κ1) is 13.9. The first-order valence-corrected chi connectivity index (χ1v) is 8.93. The van der Waals surface area contributed by atoms with E-state index in [9.17, 15) is 4.79 Å². The summed E-state index contributed by atoms with van der Waals surface area (Å²) in [4.78, 5) is 14.6. The van der Waals surface area contributed by atoms with E-state index in [1.807, 2.05) is 0 Å². The molecular weight excluding hydrogens is 296 g/mol. The second-order valence-corrected chi connectivity index (χ2v) is 7.23. The Balaban J connectivity index is 1.44. The molecule has 2 aliphatic rings. The predicted molar refractivity (Wildman–Crippen MR) is 85.1 cm³/mol. The molecule has 0 bridgehead atoms. The van der Waals surface area contributed by atoms with Crippen molar-refractivity contribution in [1.29, 1.82) is 0 Å². The number of nitrogens with zero attached hydrogens (tertiary/aromatic N) is 3. The van der Waals surface area contributed by atoms with Crippen LogP contribution in [0.2, 0.25) is 0 Å². The molecule has 0 spiro atoms. The maximum atomic E-state index is 12.4. The first-order chi connectivity index (χ1) is 10.8. The number of thiophene rings is 1. The van der Waals surface area contributed by atoms with Gasteiger partial charge in [-0.25, -0.2) is 0 Å². The summed E-state index contributed by atoms with van der Waals surface area (Å²) in [5, 5.41) is 11.4. The van der Waals surface area contributed by atoms with Crippen molar-refractivity contribution >= 4 is 17.2 Å². The Morgan fingerprint density at radius 3 is 3.05 bits per heavy atom. The molecule has 0 atom stereocenters. The van der Waals surface area contributed by atoms with Crippen LogP contribution in [0, 0.1) is 0 Å². The Hall–Kier alpha value is -1.69. The van der Waals surface area contributed by atoms with E-state index in [1.54, 1.807) is 11.3 Å². The molecule has 1 aliphatic heterocycles. The summed E-state index contributed by atoms with van der Waals surface area (Å²) >= 11 is 1.66. The lowest BCUT2D eigenvalue weighted by Crippen LogP contribution is -2.23. The second-order valence-electron chi connectivity index (χ2n) is 6.09. The van der Waals surface area contributed by atoms with Gasteiger partial charge in [-0.2, -0.15) is 0 Å². The molecule has 0 aromatic carbocycles. The van der Waals surface area contributed by atoms with Crippen LogP contribution in [-0.2, 0) is 32.4 Å². The summed E-state index contributed by atoms with van der Waals surface area (Å²) in [6.45, 7) is 1.44. The van der Waals surface area contributed by atoms with Gasteiger partial charge in [-0.05, 0) is 43.7 Å². The van der Waals surface area contributed by atoms with Crippen LogP contribution in [-0.4, -0.2) is 20.7 Å². The number of hydrogen-bond donors (Lipinski definition) is 1. The van der Waals surface area contributed by atoms with Crippen LogP contribution in [0.15, 0.2) is 6.07 Å². The molecule has 5 nitrogen and oxygen atoms in total. The SMILES string of the molecule is O=C(NCc1nnc2n1CCC2)c1cc2c(s1)CCCCC2. The number of aryl methyl sites for hydroxylation is 3. The normalized spacial score (nSPS) is 16.9. The van der Waals surface area contributed by atoms with Gasteiger partial charge in [0.05, 0.1) is 11.4 Å². The summed E-state index contributed by atoms with van der Waals surface area (Å²) in [6.07, 6.45) is 8.18. The zero-order valence-corrected chi connectivity index (χ0v) is 13.4. The molecule has 6 heteroatoms. The average Bonchev–Trinajstić information content (AvgIpc) is 3.18. The summed E-state index contributed by atoms with van der Waals surface area (Å²) in [7, 11) is 0. The molecule has 1 aliphatic carbocycles. The zero-order chi connectivity index (χ0) is 14.9. The van der Waals surface area contributed by atoms with Gasteiger partial charge in [-0.1, -0.05) is 6.42 Å². The van der Waals surface area contributed by atoms with Crippen molar-refractivity contribution in [2.45, 2.75) is 58.0 Å². The van der Waals surface area contributed by atoms with E-state index in [0.717, 1.165) is 48.8 Å². The minimum Gasteiger partial charge on any atom is -0.344 e. The van der Waals surface area contributed by atoms with Gasteiger partial charge >= 0.3 is 0 Å². The molecule has 4 rings (SSSR count). The maximum Gasteiger partial charge on any atom is 0.261 e. The lowest BCUT2D eigenvalue weighted by molar-refractivity contribution is 0.0953. The second kappa shape index (κ2) is 5.83. The molecular formula is C16H20N4OS. The molecule has 1 amide bonds. The quantitative estimate of drug-likeness (QED) is 0.885. The maximum absolute atomic E-state index is 12.4. The van der Waals surface area contributed by atoms with Crippen LogP contribution in [0.1, 0.15) is 57.4 Å². The Bertz CT molecular complexity index is 680. The number of amides is 1. The molecule has 0 radical (unpaired) electrons. The zero-order valence-electron chi connectivity index (χ0n) is 12.6. The number of carbonyl (C=O) groups excluding carboxylic acids is 1. The van der Waals surface area contributed by atoms with E-state index in [-0.39, 0.29) is 5.91 Å². The highest BCUT2D eigenvalue weighted by Gasteiger charge is 2.19. The van der Waals surface area contributed by atoms with Gasteiger partial charge in [0.25, 0.3) is 5.91 Å². The molecule has 0 unspecified atom stereocenters. The number of aromatic nitrogens is 3. The van der Waals surface area contributed by atoms with E-state index >= 15 is 0 Å². The van der Waals surface area contributed by atoms with Gasteiger partial charge in [0.15, 0.2) is 5.82 Å². The van der Waals surface area contributed by atoms with Crippen molar-refractivity contribution in [2.24, 2.45) is 0 Å². The van der Waals surface area contributed by atoms with Crippen LogP contribution in [0.3, 0.4) is 0 Å². The average molecular weight is 316 g/mol. The molecule has 0 saturated heterocycles. The molecule has 2 aromatic rings. The van der Waals surface area contributed by atoms with Gasteiger partial charge in [-0.15, -0.1) is 21.5 Å². The number of fused-ring (bicyclic) bond motifs is 2. The van der Waals surface area contributed by atoms with E-state index in [4.69, 9.17) is 0 Å². The van der Waals surface area contributed by atoms with E-state index < -0.39 is 0 Å². The van der Waals surface area contributed by atoms with Crippen LogP contribution in [0.25, 0.3) is 0 Å². The monoisotopic (exact) mass is 316 g/mol. The van der Waals surface area contributed by atoms with Crippen molar-refractivity contribution in [3.8, 4) is 0 Å². The van der Waals surface area contributed by atoms with Crippen LogP contribution in [0.5, 0.6) is 0 Å². The van der Waals surface area contributed by atoms with E-state index in [0.29, 0.717) is 6.54 Å². The third-order valence-electron chi connectivity index (χ3n) is 4.56. The molecule has 116 valence electrons. The molecule has 0 saturated carbocycles. The van der Waals surface area contributed by atoms with Gasteiger partial charge in [0.1, 0.15) is 5.82 Å². The van der Waals surface area contributed by atoms with Gasteiger partial charge in [0.2, 0.25) is 0 Å². The summed E-state index contributed by atoms with van der Waals surface area (Å²) in [6, 6.07) is 2.09. The number of rotatable bonds is 3. The minimum absolute atomic E-state index is 0.0217. The molecule has 2 aromatic heterocycles. The molecule has 0 fully saturated rings. The third kappa shape index (κ3) is 2.56. The summed E-state index contributed by atoms with van der Waals surface area (Å²) < 4.78 is 2.13. The summed E-state index contributed by atoms with van der Waals surface area (Å²) in [5.74, 6) is 1.94. The fourth-order valence-electron chi connectivity index (χ4n) is 3.37. The number of nitrogens with one attached hydrogen (secondary N) is 1. The Kier molecular flexibility index (Phi) is 3.70. The van der Waals surface area contributed by atoms with E-state index in [1.165, 1.54) is 29.7 Å². The third-order valence-corrected chi connectivity index (χ3v) is 5.80. The van der Waals surface area contributed by atoms with Crippen molar-refractivity contribution in [2.75, 3.05) is 0 Å². The predicted octanol–water partition coefficient (Wildman–Crippen LogP) is 2.48. The largest absolute Gasteiger partial charge is 0.344 e. The number of carbonyl (C=O) groups is 1. The molecule has 22 heavy (non-hydrogen) atoms. The highest BCUT2D eigenvalue weighted by molar-refractivity contribution is 7.14. The highest BCUT2D eigenvalue weighted by atomic mass is 32.1. The van der Waals surface area contributed by atoms with Crippen molar-refractivity contribution in [3.05, 3.63) is 33.0 Å².